The Morgan fingerprint density at radius 3 is 2.61 bits per heavy atom. The molecule has 0 bridgehead atoms. The molecule has 2 fully saturated rings. The fraction of sp³-hybridized carbons (Fsp3) is 0.333. The van der Waals surface area contributed by atoms with Crippen molar-refractivity contribution in [2.45, 2.75) is 25.8 Å². The number of amides is 1. The standard InChI is InChI=1S/C27H27N9O2/c1-17-11-19(13-28)29-15-22(17)38-24-12-21(25-26(33-24)34(2)16-31-25)32-23-6-3-18(14-30-23)27(37)36-9-7-35(8-10-36)20-4-5-20/h3,6,11-12,14-16,20H,4-5,7-10H2,1-2H3,(H,30,32,33). The Bertz CT molecular complexity index is 1550. The molecular formula is C27H27N9O2. The molecule has 1 aliphatic heterocycles. The number of nitriles is 1. The first-order valence-electron chi connectivity index (χ1n) is 12.6. The van der Waals surface area contributed by atoms with E-state index < -0.39 is 0 Å². The van der Waals surface area contributed by atoms with Crippen LogP contribution in [0.3, 0.4) is 0 Å². The summed E-state index contributed by atoms with van der Waals surface area (Å²) in [5.74, 6) is 1.43. The second kappa shape index (κ2) is 9.72. The van der Waals surface area contributed by atoms with Crippen LogP contribution in [0.15, 0.2) is 43.0 Å². The molecule has 1 amide bonds. The lowest BCUT2D eigenvalue weighted by Gasteiger charge is -2.34. The van der Waals surface area contributed by atoms with Gasteiger partial charge in [-0.2, -0.15) is 10.2 Å². The van der Waals surface area contributed by atoms with E-state index in [4.69, 9.17) is 10.00 Å². The van der Waals surface area contributed by atoms with Gasteiger partial charge in [-0.25, -0.2) is 15.0 Å². The Morgan fingerprint density at radius 2 is 1.92 bits per heavy atom. The van der Waals surface area contributed by atoms with Gasteiger partial charge in [-0.05, 0) is 43.5 Å². The normalized spacial score (nSPS) is 15.9. The first kappa shape index (κ1) is 23.8. The lowest BCUT2D eigenvalue weighted by atomic mass is 10.2. The number of fused-ring (bicyclic) bond motifs is 1. The Kier molecular flexibility index (Phi) is 6.09. The molecule has 0 spiro atoms. The highest BCUT2D eigenvalue weighted by atomic mass is 16.5. The summed E-state index contributed by atoms with van der Waals surface area (Å²) in [5.41, 5.74) is 3.61. The summed E-state index contributed by atoms with van der Waals surface area (Å²) in [6.45, 7) is 5.23. The number of pyridine rings is 3. The number of rotatable bonds is 6. The number of imidazole rings is 1. The monoisotopic (exact) mass is 509 g/mol. The number of aryl methyl sites for hydroxylation is 2. The third-order valence-electron chi connectivity index (χ3n) is 6.97. The summed E-state index contributed by atoms with van der Waals surface area (Å²) in [6.07, 6.45) is 7.37. The van der Waals surface area contributed by atoms with Gasteiger partial charge in [-0.1, -0.05) is 0 Å². The second-order valence-electron chi connectivity index (χ2n) is 9.70. The highest BCUT2D eigenvalue weighted by Gasteiger charge is 2.32. The first-order valence-corrected chi connectivity index (χ1v) is 12.6. The number of ether oxygens (including phenoxy) is 1. The van der Waals surface area contributed by atoms with E-state index >= 15 is 0 Å². The highest BCUT2D eigenvalue weighted by molar-refractivity contribution is 5.94. The van der Waals surface area contributed by atoms with Gasteiger partial charge in [0.05, 0.1) is 23.8 Å². The number of carbonyl (C=O) groups is 1. The van der Waals surface area contributed by atoms with Gasteiger partial charge in [-0.3, -0.25) is 9.69 Å². The fourth-order valence-corrected chi connectivity index (χ4v) is 4.69. The molecular weight excluding hydrogens is 482 g/mol. The van der Waals surface area contributed by atoms with E-state index in [1.807, 2.05) is 24.9 Å². The van der Waals surface area contributed by atoms with E-state index in [9.17, 15) is 4.79 Å². The average molecular weight is 510 g/mol. The Hall–Kier alpha value is -4.56. The predicted octanol–water partition coefficient (Wildman–Crippen LogP) is 3.39. The van der Waals surface area contributed by atoms with Crippen molar-refractivity contribution < 1.29 is 9.53 Å². The van der Waals surface area contributed by atoms with Crippen LogP contribution in [0, 0.1) is 18.3 Å². The van der Waals surface area contributed by atoms with Crippen LogP contribution in [-0.2, 0) is 7.05 Å². The van der Waals surface area contributed by atoms with E-state index in [1.165, 1.54) is 19.0 Å². The van der Waals surface area contributed by atoms with Crippen LogP contribution in [0.1, 0.15) is 34.5 Å². The summed E-state index contributed by atoms with van der Waals surface area (Å²) >= 11 is 0. The number of aromatic nitrogens is 5. The molecule has 6 rings (SSSR count). The minimum atomic E-state index is 0.0117. The van der Waals surface area contributed by atoms with Crippen molar-refractivity contribution in [1.29, 1.82) is 5.26 Å². The van der Waals surface area contributed by atoms with Crippen LogP contribution in [-0.4, -0.2) is 72.4 Å². The van der Waals surface area contributed by atoms with E-state index in [0.29, 0.717) is 45.6 Å². The molecule has 5 heterocycles. The molecule has 0 radical (unpaired) electrons. The molecule has 0 unspecified atom stereocenters. The minimum Gasteiger partial charge on any atom is -0.437 e. The van der Waals surface area contributed by atoms with Crippen molar-refractivity contribution in [2.75, 3.05) is 31.5 Å². The molecule has 0 atom stereocenters. The quantitative estimate of drug-likeness (QED) is 0.416. The Balaban J connectivity index is 1.20. The van der Waals surface area contributed by atoms with Crippen molar-refractivity contribution >= 4 is 28.6 Å². The van der Waals surface area contributed by atoms with Gasteiger partial charge in [0.15, 0.2) is 11.4 Å². The summed E-state index contributed by atoms with van der Waals surface area (Å²) in [6, 6.07) is 9.75. The zero-order chi connectivity index (χ0) is 26.2. The van der Waals surface area contributed by atoms with Crippen LogP contribution >= 0.6 is 0 Å². The molecule has 11 nitrogen and oxygen atoms in total. The van der Waals surface area contributed by atoms with E-state index in [0.717, 1.165) is 37.8 Å². The average Bonchev–Trinajstić information content (AvgIpc) is 3.73. The van der Waals surface area contributed by atoms with E-state index in [2.05, 4.69) is 30.2 Å². The maximum atomic E-state index is 13.0. The maximum absolute atomic E-state index is 13.0. The van der Waals surface area contributed by atoms with E-state index in [1.54, 1.807) is 41.4 Å². The van der Waals surface area contributed by atoms with Crippen LogP contribution in [0.4, 0.5) is 11.5 Å². The Labute approximate surface area is 219 Å². The lowest BCUT2D eigenvalue weighted by Crippen LogP contribution is -2.49. The van der Waals surface area contributed by atoms with E-state index in [-0.39, 0.29) is 5.91 Å². The van der Waals surface area contributed by atoms with Gasteiger partial charge in [0.25, 0.3) is 5.91 Å². The smallest absolute Gasteiger partial charge is 0.255 e. The number of carbonyl (C=O) groups excluding carboxylic acids is 1. The summed E-state index contributed by atoms with van der Waals surface area (Å²) in [4.78, 5) is 35.1. The van der Waals surface area contributed by atoms with Crippen molar-refractivity contribution in [2.24, 2.45) is 7.05 Å². The summed E-state index contributed by atoms with van der Waals surface area (Å²) < 4.78 is 7.83. The molecule has 1 saturated carbocycles. The van der Waals surface area contributed by atoms with Gasteiger partial charge in [-0.15, -0.1) is 0 Å². The van der Waals surface area contributed by atoms with Gasteiger partial charge >= 0.3 is 0 Å². The van der Waals surface area contributed by atoms with Crippen molar-refractivity contribution in [3.63, 3.8) is 0 Å². The topological polar surface area (TPSA) is 125 Å². The van der Waals surface area contributed by atoms with Crippen LogP contribution in [0.5, 0.6) is 11.6 Å². The van der Waals surface area contributed by atoms with Crippen LogP contribution < -0.4 is 10.1 Å². The summed E-state index contributed by atoms with van der Waals surface area (Å²) in [7, 11) is 1.85. The van der Waals surface area contributed by atoms with Crippen molar-refractivity contribution in [3.8, 4) is 17.7 Å². The van der Waals surface area contributed by atoms with Gasteiger partial charge < -0.3 is 19.5 Å². The second-order valence-corrected chi connectivity index (χ2v) is 9.70. The molecule has 0 aromatic carbocycles. The third kappa shape index (κ3) is 4.73. The Morgan fingerprint density at radius 1 is 1.11 bits per heavy atom. The minimum absolute atomic E-state index is 0.0117. The maximum Gasteiger partial charge on any atom is 0.255 e. The SMILES string of the molecule is Cc1cc(C#N)ncc1Oc1cc(Nc2ccc(C(=O)N3CCN(C4CC4)CC3)cn2)c2ncn(C)c2n1. The molecule has 11 heteroatoms. The highest BCUT2D eigenvalue weighted by Crippen LogP contribution is 2.31. The number of hydrogen-bond donors (Lipinski definition) is 1. The molecule has 4 aromatic rings. The molecule has 1 saturated heterocycles. The van der Waals surface area contributed by atoms with Crippen LogP contribution in [0.25, 0.3) is 11.2 Å². The lowest BCUT2D eigenvalue weighted by molar-refractivity contribution is 0.0627. The van der Waals surface area contributed by atoms with Gasteiger partial charge in [0.2, 0.25) is 5.88 Å². The fourth-order valence-electron chi connectivity index (χ4n) is 4.69. The number of nitrogens with zero attached hydrogens (tertiary/aromatic N) is 8. The number of piperazine rings is 1. The predicted molar refractivity (Wildman–Crippen MR) is 140 cm³/mol. The molecule has 2 aliphatic rings. The summed E-state index contributed by atoms with van der Waals surface area (Å²) in [5, 5.41) is 12.4. The molecule has 192 valence electrons. The first-order chi connectivity index (χ1) is 18.5. The molecule has 1 N–H and O–H groups in total. The van der Waals surface area contributed by atoms with Crippen LogP contribution in [0.2, 0.25) is 0 Å². The van der Waals surface area contributed by atoms with Gasteiger partial charge in [0, 0.05) is 51.5 Å². The van der Waals surface area contributed by atoms with Crippen molar-refractivity contribution in [1.82, 2.24) is 34.3 Å². The van der Waals surface area contributed by atoms with Gasteiger partial charge in [0.1, 0.15) is 23.1 Å². The van der Waals surface area contributed by atoms with Crippen molar-refractivity contribution in [3.05, 3.63) is 59.8 Å². The zero-order valence-electron chi connectivity index (χ0n) is 21.3. The molecule has 1 aliphatic carbocycles. The third-order valence-corrected chi connectivity index (χ3v) is 6.97. The largest absolute Gasteiger partial charge is 0.437 e. The molecule has 4 aromatic heterocycles. The number of anilines is 2. The zero-order valence-corrected chi connectivity index (χ0v) is 21.3. The number of hydrogen-bond acceptors (Lipinski definition) is 9. The number of nitrogens with one attached hydrogen (secondary N) is 1. The molecule has 38 heavy (non-hydrogen) atoms.